The number of pyridine rings is 1. The van der Waals surface area contributed by atoms with Gasteiger partial charge in [-0.3, -0.25) is 0 Å². The number of carbonyl (C=O) groups is 1. The molecule has 1 unspecified atom stereocenters. The van der Waals surface area contributed by atoms with E-state index in [2.05, 4.69) is 32.3 Å². The minimum absolute atomic E-state index is 0.168. The summed E-state index contributed by atoms with van der Waals surface area (Å²) in [5.74, 6) is 1.33. The molecule has 2 atom stereocenters. The number of rotatable bonds is 7. The number of esters is 1. The van der Waals surface area contributed by atoms with E-state index in [1.54, 1.807) is 36.4 Å². The number of hydrogen-bond donors (Lipinski definition) is 0. The van der Waals surface area contributed by atoms with Crippen molar-refractivity contribution >= 4 is 40.2 Å². The Morgan fingerprint density at radius 1 is 1.47 bits per heavy atom. The fourth-order valence-electron chi connectivity index (χ4n) is 3.99. The van der Waals surface area contributed by atoms with Crippen LogP contribution in [0.15, 0.2) is 36.7 Å². The maximum atomic E-state index is 13.6. The Kier molecular flexibility index (Phi) is 6.54. The number of aromatic nitrogens is 1. The van der Waals surface area contributed by atoms with Crippen LogP contribution in [-0.4, -0.2) is 40.3 Å². The molecule has 0 amide bonds. The Morgan fingerprint density at radius 2 is 2.12 bits per heavy atom. The van der Waals surface area contributed by atoms with Gasteiger partial charge in [-0.25, -0.2) is 9.78 Å². The molecule has 2 aliphatic heterocycles. The molecule has 0 bridgehead atoms. The smallest absolute Gasteiger partial charge is 0.343 e. The highest BCUT2D eigenvalue weighted by Gasteiger charge is 2.51. The second-order valence-electron chi connectivity index (χ2n) is 9.76. The molecule has 1 saturated heterocycles. The number of nitrogens with zero attached hydrogens (tertiary/aromatic N) is 3. The lowest BCUT2D eigenvalue weighted by molar-refractivity contribution is -0.0393. The molecular weight excluding hydrogens is 531 g/mol. The fourth-order valence-corrected chi connectivity index (χ4v) is 4.14. The lowest BCUT2D eigenvalue weighted by Crippen LogP contribution is -2.49. The highest BCUT2D eigenvalue weighted by atomic mass is 127. The zero-order valence-electron chi connectivity index (χ0n) is 19.3. The highest BCUT2D eigenvalue weighted by molar-refractivity contribution is 14.1. The van der Waals surface area contributed by atoms with E-state index >= 15 is 0 Å². The fraction of sp³-hybridized carbons (Fsp3) is 0.565. The molecule has 1 aromatic rings. The van der Waals surface area contributed by atoms with Crippen molar-refractivity contribution in [3.05, 3.63) is 42.3 Å². The first-order chi connectivity index (χ1) is 14.6. The molecule has 0 radical (unpaired) electrons. The van der Waals surface area contributed by atoms with Crippen LogP contribution >= 0.6 is 22.6 Å². The largest absolute Gasteiger partial charge is 0.493 e. The van der Waals surface area contributed by atoms with E-state index in [1.165, 1.54) is 13.8 Å². The van der Waals surface area contributed by atoms with Crippen LogP contribution in [0.5, 0.6) is 0 Å². The number of allylic oxidation sites excluding steroid dienone is 1. The molecule has 9 heteroatoms. The van der Waals surface area contributed by atoms with Gasteiger partial charge < -0.3 is 19.3 Å². The summed E-state index contributed by atoms with van der Waals surface area (Å²) in [6.07, 6.45) is 3.85. The number of ether oxygens (including phenoxy) is 2. The van der Waals surface area contributed by atoms with Crippen LogP contribution in [0.25, 0.3) is 0 Å². The van der Waals surface area contributed by atoms with E-state index in [9.17, 15) is 13.6 Å². The molecule has 1 aromatic heterocycles. The predicted molar refractivity (Wildman–Crippen MR) is 129 cm³/mol. The number of anilines is 2. The average Bonchev–Trinajstić information content (AvgIpc) is 2.91. The van der Waals surface area contributed by atoms with Crippen molar-refractivity contribution in [3.63, 3.8) is 0 Å². The van der Waals surface area contributed by atoms with Crippen molar-refractivity contribution in [1.82, 2.24) is 4.98 Å². The summed E-state index contributed by atoms with van der Waals surface area (Å²) in [7, 11) is 1.80. The number of hydrogen-bond acceptors (Lipinski definition) is 6. The van der Waals surface area contributed by atoms with Crippen molar-refractivity contribution in [3.8, 4) is 0 Å². The van der Waals surface area contributed by atoms with Gasteiger partial charge in [-0.05, 0) is 74.9 Å². The van der Waals surface area contributed by atoms with E-state index in [0.717, 1.165) is 29.0 Å². The molecule has 0 spiro atoms. The predicted octanol–water partition coefficient (Wildman–Crippen LogP) is 5.74. The maximum Gasteiger partial charge on any atom is 0.343 e. The van der Waals surface area contributed by atoms with Crippen LogP contribution in [0.2, 0.25) is 0 Å². The second kappa shape index (κ2) is 8.46. The third-order valence-electron chi connectivity index (χ3n) is 5.98. The van der Waals surface area contributed by atoms with Crippen molar-refractivity contribution in [1.29, 1.82) is 0 Å². The summed E-state index contributed by atoms with van der Waals surface area (Å²) in [5, 5.41) is 0. The summed E-state index contributed by atoms with van der Waals surface area (Å²) in [4.78, 5) is 21.1. The molecule has 1 fully saturated rings. The van der Waals surface area contributed by atoms with Crippen LogP contribution in [0.1, 0.15) is 51.4 Å². The number of carbonyl (C=O) groups excluding carboxylic acids is 1. The molecule has 0 aromatic carbocycles. The first kappa shape index (κ1) is 24.7. The Bertz CT molecular complexity index is 943. The molecule has 3 heterocycles. The monoisotopic (exact) mass is 561 g/mol. The molecule has 0 N–H and O–H groups in total. The van der Waals surface area contributed by atoms with Crippen LogP contribution in [0.3, 0.4) is 0 Å². The molecule has 2 aliphatic rings. The van der Waals surface area contributed by atoms with Gasteiger partial charge >= 0.3 is 9.90 Å². The van der Waals surface area contributed by atoms with Crippen molar-refractivity contribution in [2.24, 2.45) is 11.3 Å². The Balaban J connectivity index is 1.76. The van der Waals surface area contributed by atoms with Gasteiger partial charge in [-0.1, -0.05) is 13.5 Å². The van der Waals surface area contributed by atoms with Crippen molar-refractivity contribution in [2.45, 2.75) is 56.7 Å². The van der Waals surface area contributed by atoms with Gasteiger partial charge in [0.2, 0.25) is 0 Å². The zero-order chi connectivity index (χ0) is 24.1. The average molecular weight is 561 g/mol. The minimum atomic E-state index is -2.90. The van der Waals surface area contributed by atoms with Gasteiger partial charge in [-0.15, -0.1) is 0 Å². The molecular formula is C23H30F2IN3O3. The first-order valence-corrected chi connectivity index (χ1v) is 11.5. The van der Waals surface area contributed by atoms with Gasteiger partial charge in [0.15, 0.2) is 6.23 Å². The van der Waals surface area contributed by atoms with E-state index in [4.69, 9.17) is 14.5 Å². The molecule has 6 nitrogen and oxygen atoms in total. The highest BCUT2D eigenvalue weighted by Crippen LogP contribution is 2.45. The number of alkyl halides is 3. The quantitative estimate of drug-likeness (QED) is 0.139. The van der Waals surface area contributed by atoms with Crippen LogP contribution in [0.4, 0.5) is 20.4 Å². The second-order valence-corrected chi connectivity index (χ2v) is 11.1. The Hall–Kier alpha value is -1.91. The third kappa shape index (κ3) is 4.72. The SMILES string of the molecule is C=C(/C=C\N(C)c1ccc2c(n1)N1C(OC2=O)[C@@H](C)CC1(C)C)OCC(C)(C)C(F)(F)I. The first-order valence-electron chi connectivity index (χ1n) is 10.4. The molecule has 0 saturated carbocycles. The molecule has 0 aliphatic carbocycles. The van der Waals surface area contributed by atoms with Gasteiger partial charge in [0.05, 0.1) is 12.0 Å². The van der Waals surface area contributed by atoms with Gasteiger partial charge in [0.25, 0.3) is 0 Å². The normalized spacial score (nSPS) is 22.4. The zero-order valence-corrected chi connectivity index (χ0v) is 21.4. The van der Waals surface area contributed by atoms with E-state index in [1.807, 2.05) is 0 Å². The van der Waals surface area contributed by atoms with E-state index < -0.39 is 9.34 Å². The lowest BCUT2D eigenvalue weighted by atomic mass is 9.96. The summed E-state index contributed by atoms with van der Waals surface area (Å²) in [5.41, 5.74) is -1.09. The van der Waals surface area contributed by atoms with Crippen molar-refractivity contribution < 1.29 is 23.0 Å². The van der Waals surface area contributed by atoms with Crippen LogP contribution in [-0.2, 0) is 9.47 Å². The Morgan fingerprint density at radius 3 is 2.75 bits per heavy atom. The summed E-state index contributed by atoms with van der Waals surface area (Å²) < 4.78 is 35.5. The minimum Gasteiger partial charge on any atom is -0.493 e. The Labute approximate surface area is 201 Å². The third-order valence-corrected chi connectivity index (χ3v) is 7.44. The van der Waals surface area contributed by atoms with Crippen LogP contribution in [0, 0.1) is 11.3 Å². The van der Waals surface area contributed by atoms with Crippen LogP contribution < -0.4 is 9.80 Å². The van der Waals surface area contributed by atoms with E-state index in [-0.39, 0.29) is 36.0 Å². The maximum absolute atomic E-state index is 13.6. The van der Waals surface area contributed by atoms with Gasteiger partial charge in [0, 0.05) is 24.7 Å². The molecule has 3 rings (SSSR count). The van der Waals surface area contributed by atoms with Gasteiger partial charge in [0.1, 0.15) is 23.0 Å². The molecule has 176 valence electrons. The molecule has 32 heavy (non-hydrogen) atoms. The topological polar surface area (TPSA) is 54.9 Å². The lowest BCUT2D eigenvalue weighted by Gasteiger charge is -2.40. The van der Waals surface area contributed by atoms with Gasteiger partial charge in [-0.2, -0.15) is 8.78 Å². The summed E-state index contributed by atoms with van der Waals surface area (Å²) >= 11 is 1.12. The van der Waals surface area contributed by atoms with Crippen molar-refractivity contribution in [2.75, 3.05) is 23.5 Å². The standard InChI is InChI=1S/C23H30F2IN3O3/c1-14-12-22(5,6)29-18-16(20(30)32-19(14)29)8-9-17(27-18)28(7)11-10-15(2)31-13-21(3,4)23(24,25)26/h8-11,14,19H,2,12-13H2,1,3-7H3/b11-10-/t14-,19?/m0/s1. The summed E-state index contributed by atoms with van der Waals surface area (Å²) in [6, 6.07) is 3.45. The summed E-state index contributed by atoms with van der Waals surface area (Å²) in [6.45, 7) is 12.8. The number of fused-ring (bicyclic) bond motifs is 3. The number of halogens is 3. The van der Waals surface area contributed by atoms with E-state index in [0.29, 0.717) is 17.2 Å².